The fourth-order valence-corrected chi connectivity index (χ4v) is 14.0. The SMILES string of the molecule is CCc1c(F)ccc2cc(O)cc(-c3ncc4c(N5C[C@@H]6C[C@H](C5)[C@H](O)C6)nc(OCC5(CN(C)Cc6cc(F)c(CC)c7c(-c8ncc9c(N%10CCOC[C@@](C)(O)C%10)nc(OCC%10(CN(C)C)CC%10)nc9c8F)cc(O)cc67)CC5)nc4c3F)c12. The summed E-state index contributed by atoms with van der Waals surface area (Å²) in [5.74, 6) is -1.90. The van der Waals surface area contributed by atoms with Crippen molar-refractivity contribution in [2.24, 2.45) is 22.7 Å². The smallest absolute Gasteiger partial charge is 0.319 e. The summed E-state index contributed by atoms with van der Waals surface area (Å²) in [7, 11) is 5.93. The zero-order valence-corrected chi connectivity index (χ0v) is 49.4. The third-order valence-corrected chi connectivity index (χ3v) is 18.4. The number of nitrogens with zero attached hydrogens (tertiary/aromatic N) is 10. The summed E-state index contributed by atoms with van der Waals surface area (Å²) in [6.07, 6.45) is 8.09. The summed E-state index contributed by atoms with van der Waals surface area (Å²) in [5, 5.41) is 47.0. The number of aryl methyl sites for hydroxylation is 2. The number of ether oxygens (including phenoxy) is 3. The minimum atomic E-state index is -1.24. The van der Waals surface area contributed by atoms with E-state index >= 15 is 17.6 Å². The van der Waals surface area contributed by atoms with Crippen molar-refractivity contribution in [1.29, 1.82) is 0 Å². The molecule has 4 atom stereocenters. The predicted molar refractivity (Wildman–Crippen MR) is 320 cm³/mol. The van der Waals surface area contributed by atoms with Crippen LogP contribution in [-0.4, -0.2) is 159 Å². The zero-order chi connectivity index (χ0) is 60.1. The van der Waals surface area contributed by atoms with Crippen LogP contribution in [0.2, 0.25) is 0 Å². The van der Waals surface area contributed by atoms with E-state index in [1.165, 1.54) is 42.7 Å². The first-order valence-electron chi connectivity index (χ1n) is 29.9. The van der Waals surface area contributed by atoms with E-state index in [0.717, 1.165) is 38.6 Å². The van der Waals surface area contributed by atoms with Crippen molar-refractivity contribution in [1.82, 2.24) is 39.7 Å². The van der Waals surface area contributed by atoms with Crippen LogP contribution in [-0.2, 0) is 24.1 Å². The number of anilines is 2. The van der Waals surface area contributed by atoms with Gasteiger partial charge in [0, 0.05) is 79.5 Å². The number of benzene rings is 4. The van der Waals surface area contributed by atoms with Gasteiger partial charge in [-0.15, -0.1) is 0 Å². The molecule has 4 aromatic heterocycles. The van der Waals surface area contributed by atoms with Crippen molar-refractivity contribution in [2.45, 2.75) is 90.4 Å². The summed E-state index contributed by atoms with van der Waals surface area (Å²) in [4.78, 5) is 36.5. The largest absolute Gasteiger partial charge is 0.508 e. The maximum Gasteiger partial charge on any atom is 0.319 e. The average molecular weight is 1180 g/mol. The Morgan fingerprint density at radius 1 is 0.698 bits per heavy atom. The number of aromatic nitrogens is 6. The van der Waals surface area contributed by atoms with Gasteiger partial charge in [0.15, 0.2) is 11.6 Å². The number of pyridine rings is 2. The number of hydrogen-bond acceptors (Lipinski definition) is 17. The maximum absolute atomic E-state index is 17.8. The highest BCUT2D eigenvalue weighted by Crippen LogP contribution is 2.49. The molecule has 21 heteroatoms. The lowest BCUT2D eigenvalue weighted by Gasteiger charge is -2.33. The number of phenols is 2. The number of aliphatic hydroxyl groups is 2. The molecular weight excluding hydrogens is 1110 g/mol. The van der Waals surface area contributed by atoms with Crippen LogP contribution in [0.25, 0.3) is 65.9 Å². The van der Waals surface area contributed by atoms with Crippen LogP contribution in [0, 0.1) is 45.9 Å². The number of fused-ring (bicyclic) bond motifs is 6. The zero-order valence-electron chi connectivity index (χ0n) is 49.4. The van der Waals surface area contributed by atoms with Crippen molar-refractivity contribution in [2.75, 3.05) is 96.6 Å². The van der Waals surface area contributed by atoms with Crippen molar-refractivity contribution in [3.63, 3.8) is 0 Å². The predicted octanol–water partition coefficient (Wildman–Crippen LogP) is 9.90. The molecule has 2 saturated heterocycles. The van der Waals surface area contributed by atoms with Crippen LogP contribution in [0.3, 0.4) is 0 Å². The molecule has 13 rings (SSSR count). The standard InChI is InChI=1S/C65H72F4N10O7/c1-7-41-48(66)10-9-36-19-39(80)22-44(51(36)41)55-53(68)58-47(25-70-55)60(79-26-35-17-38(28-79)50(82)18-35)75-62(73-58)86-34-65(13-14-65)31-77(6)27-37-20-49(67)42(8-2)52-43(37)21-40(81)23-45(52)56-54(69)57-46(24-71-56)59(78-15-16-84-32-63(3,83)29-78)74-61(72-57)85-33-64(11-12-64)30-76(4)5/h9-10,19-25,35,38,50,80-83H,7-8,11-18,26-34H2,1-6H3/t35-,38-,50-,63+/m1/s1. The number of piperidine rings is 1. The number of halogens is 4. The Bertz CT molecular complexity index is 3990. The summed E-state index contributed by atoms with van der Waals surface area (Å²) < 4.78 is 85.9. The first-order valence-corrected chi connectivity index (χ1v) is 29.9. The fourth-order valence-electron chi connectivity index (χ4n) is 14.0. The number of phenolic OH excluding ortho intramolecular Hbond substituents is 2. The molecule has 2 bridgehead atoms. The van der Waals surface area contributed by atoms with E-state index in [2.05, 4.69) is 24.7 Å². The molecule has 6 heterocycles. The molecule has 17 nitrogen and oxygen atoms in total. The monoisotopic (exact) mass is 1180 g/mol. The van der Waals surface area contributed by atoms with Crippen molar-refractivity contribution in [3.8, 4) is 46.0 Å². The van der Waals surface area contributed by atoms with Gasteiger partial charge in [-0.2, -0.15) is 19.9 Å². The van der Waals surface area contributed by atoms with Crippen LogP contribution in [0.1, 0.15) is 76.0 Å². The van der Waals surface area contributed by atoms with Gasteiger partial charge >= 0.3 is 12.0 Å². The number of hydrogen-bond donors (Lipinski definition) is 4. The highest BCUT2D eigenvalue weighted by molar-refractivity contribution is 6.04. The summed E-state index contributed by atoms with van der Waals surface area (Å²) in [6, 6.07) is 10.2. The third kappa shape index (κ3) is 10.9. The van der Waals surface area contributed by atoms with Gasteiger partial charge in [0.1, 0.15) is 62.8 Å². The molecule has 8 aromatic rings. The van der Waals surface area contributed by atoms with Gasteiger partial charge < -0.3 is 54.2 Å². The second-order valence-electron chi connectivity index (χ2n) is 25.8. The molecule has 0 amide bonds. The van der Waals surface area contributed by atoms with Crippen LogP contribution in [0.5, 0.6) is 23.5 Å². The maximum atomic E-state index is 17.8. The molecule has 452 valence electrons. The third-order valence-electron chi connectivity index (χ3n) is 18.4. The van der Waals surface area contributed by atoms with Gasteiger partial charge in [0.2, 0.25) is 0 Å². The van der Waals surface area contributed by atoms with Crippen LogP contribution in [0.15, 0.2) is 54.9 Å². The van der Waals surface area contributed by atoms with E-state index in [4.69, 9.17) is 34.1 Å². The molecule has 5 fully saturated rings. The van der Waals surface area contributed by atoms with E-state index in [9.17, 15) is 20.4 Å². The topological polar surface area (TPSA) is 199 Å². The highest BCUT2D eigenvalue weighted by Gasteiger charge is 2.46. The molecule has 0 radical (unpaired) electrons. The molecule has 0 unspecified atom stereocenters. The van der Waals surface area contributed by atoms with E-state index < -0.39 is 40.4 Å². The molecule has 3 saturated carbocycles. The summed E-state index contributed by atoms with van der Waals surface area (Å²) >= 11 is 0. The molecule has 2 aliphatic heterocycles. The second kappa shape index (κ2) is 22.1. The van der Waals surface area contributed by atoms with Crippen LogP contribution >= 0.6 is 0 Å². The number of rotatable bonds is 18. The van der Waals surface area contributed by atoms with Crippen LogP contribution in [0.4, 0.5) is 29.2 Å². The molecular formula is C65H72F4N10O7. The number of β-amino-alcohol motifs (C(OH)–C–C–N with tert-alkyl or cyclic N) is 1. The van der Waals surface area contributed by atoms with E-state index in [-0.39, 0.29) is 119 Å². The fraction of sp³-hybridized carbons (Fsp3) is 0.477. The Balaban J connectivity index is 0.815. The van der Waals surface area contributed by atoms with E-state index in [1.807, 2.05) is 39.9 Å². The molecule has 3 aliphatic carbocycles. The van der Waals surface area contributed by atoms with Crippen LogP contribution < -0.4 is 19.3 Å². The first-order chi connectivity index (χ1) is 41.2. The van der Waals surface area contributed by atoms with Crippen molar-refractivity contribution < 1.29 is 52.2 Å². The van der Waals surface area contributed by atoms with Crippen molar-refractivity contribution >= 4 is 55.0 Å². The first kappa shape index (κ1) is 57.8. The molecule has 86 heavy (non-hydrogen) atoms. The van der Waals surface area contributed by atoms with Crippen molar-refractivity contribution in [3.05, 3.63) is 94.8 Å². The van der Waals surface area contributed by atoms with Gasteiger partial charge in [-0.25, -0.2) is 17.6 Å². The summed E-state index contributed by atoms with van der Waals surface area (Å²) in [6.45, 7) is 9.21. The lowest BCUT2D eigenvalue weighted by Crippen LogP contribution is -2.42. The van der Waals surface area contributed by atoms with Gasteiger partial charge in [-0.05, 0) is 160 Å². The Labute approximate surface area is 495 Å². The Morgan fingerprint density at radius 2 is 1.29 bits per heavy atom. The Hall–Kier alpha value is -7.30. The van der Waals surface area contributed by atoms with E-state index in [1.54, 1.807) is 19.1 Å². The lowest BCUT2D eigenvalue weighted by molar-refractivity contribution is -0.0123. The molecule has 4 aromatic carbocycles. The lowest BCUT2D eigenvalue weighted by atomic mass is 9.91. The second-order valence-corrected chi connectivity index (χ2v) is 25.8. The molecule has 5 aliphatic rings. The highest BCUT2D eigenvalue weighted by atomic mass is 19.1. The summed E-state index contributed by atoms with van der Waals surface area (Å²) in [5.41, 5.74) is -0.510. The van der Waals surface area contributed by atoms with Gasteiger partial charge in [-0.1, -0.05) is 19.9 Å². The molecule has 0 spiro atoms. The van der Waals surface area contributed by atoms with E-state index in [0.29, 0.717) is 101 Å². The molecule has 4 N–H and O–H groups in total. The normalized spacial score (nSPS) is 21.6. The Morgan fingerprint density at radius 3 is 1.90 bits per heavy atom. The van der Waals surface area contributed by atoms with Gasteiger partial charge in [0.25, 0.3) is 0 Å². The quantitative estimate of drug-likeness (QED) is 0.0591. The number of aromatic hydroxyl groups is 2. The number of aliphatic hydroxyl groups excluding tert-OH is 1. The average Bonchev–Trinajstić information content (AvgIpc) is 2.25. The Kier molecular flexibility index (Phi) is 14.9. The minimum absolute atomic E-state index is 0.00421. The minimum Gasteiger partial charge on any atom is -0.508 e. The van der Waals surface area contributed by atoms with Gasteiger partial charge in [0.05, 0.1) is 49.8 Å². The van der Waals surface area contributed by atoms with Gasteiger partial charge in [-0.3, -0.25) is 9.97 Å².